The van der Waals surface area contributed by atoms with E-state index in [0.717, 1.165) is 26.2 Å². The lowest BCUT2D eigenvalue weighted by molar-refractivity contribution is 0.163. The van der Waals surface area contributed by atoms with E-state index < -0.39 is 0 Å². The normalized spacial score (nSPS) is 24.0. The molecule has 2 saturated heterocycles. The van der Waals surface area contributed by atoms with Crippen molar-refractivity contribution >= 4 is 6.03 Å². The quantitative estimate of drug-likeness (QED) is 0.409. The van der Waals surface area contributed by atoms with Crippen LogP contribution in [0.15, 0.2) is 0 Å². The number of urea groups is 1. The average Bonchev–Trinajstić information content (AvgIpc) is 2.76. The minimum absolute atomic E-state index is 0.169. The molecular formula is C7H16N6O. The molecule has 0 aromatic carbocycles. The molecule has 0 spiro atoms. The van der Waals surface area contributed by atoms with Crippen LogP contribution in [0, 0.1) is 0 Å². The molecule has 2 fully saturated rings. The van der Waals surface area contributed by atoms with Crippen molar-refractivity contribution < 1.29 is 4.79 Å². The second-order valence-electron chi connectivity index (χ2n) is 3.40. The number of hydrogen-bond donors (Lipinski definition) is 4. The average molecular weight is 200 g/mol. The third-order valence-electron chi connectivity index (χ3n) is 2.24. The Bertz CT molecular complexity index is 178. The molecule has 2 aliphatic heterocycles. The minimum atomic E-state index is -0.169. The van der Waals surface area contributed by atoms with Gasteiger partial charge < -0.3 is 10.6 Å². The summed E-state index contributed by atoms with van der Waals surface area (Å²) in [5, 5.41) is 9.95. The van der Waals surface area contributed by atoms with E-state index in [-0.39, 0.29) is 6.03 Å². The molecule has 14 heavy (non-hydrogen) atoms. The molecule has 0 aromatic heterocycles. The summed E-state index contributed by atoms with van der Waals surface area (Å²) in [5.41, 5.74) is 5.51. The SMILES string of the molecule is O=C(NN1CCNC1)NN1CCNC1. The van der Waals surface area contributed by atoms with Crippen LogP contribution in [-0.4, -0.2) is 55.6 Å². The minimum Gasteiger partial charge on any atom is -0.302 e. The molecule has 80 valence electrons. The zero-order chi connectivity index (χ0) is 9.80. The first-order valence-corrected chi connectivity index (χ1v) is 4.83. The van der Waals surface area contributed by atoms with Gasteiger partial charge in [-0.3, -0.25) is 10.9 Å². The molecule has 2 rings (SSSR count). The smallest absolute Gasteiger partial charge is 0.302 e. The van der Waals surface area contributed by atoms with Crippen molar-refractivity contribution in [2.24, 2.45) is 0 Å². The molecule has 2 aliphatic rings. The Kier molecular flexibility index (Phi) is 3.14. The molecule has 0 aliphatic carbocycles. The summed E-state index contributed by atoms with van der Waals surface area (Å²) in [5.74, 6) is 0. The van der Waals surface area contributed by atoms with E-state index in [2.05, 4.69) is 21.5 Å². The van der Waals surface area contributed by atoms with Gasteiger partial charge in [-0.2, -0.15) is 0 Å². The molecular weight excluding hydrogens is 184 g/mol. The van der Waals surface area contributed by atoms with Crippen LogP contribution >= 0.6 is 0 Å². The largest absolute Gasteiger partial charge is 0.343 e. The molecule has 0 radical (unpaired) electrons. The fourth-order valence-electron chi connectivity index (χ4n) is 1.52. The Hall–Kier alpha value is -0.890. The van der Waals surface area contributed by atoms with Crippen molar-refractivity contribution in [3.05, 3.63) is 0 Å². The first kappa shape index (κ1) is 9.66. The number of carbonyl (C=O) groups is 1. The first-order chi connectivity index (χ1) is 6.84. The highest BCUT2D eigenvalue weighted by atomic mass is 16.2. The van der Waals surface area contributed by atoms with E-state index in [0.29, 0.717) is 13.3 Å². The summed E-state index contributed by atoms with van der Waals surface area (Å²) in [6.07, 6.45) is 0. The van der Waals surface area contributed by atoms with Gasteiger partial charge in [-0.05, 0) is 0 Å². The number of nitrogens with zero attached hydrogens (tertiary/aromatic N) is 2. The van der Waals surface area contributed by atoms with Gasteiger partial charge >= 0.3 is 6.03 Å². The number of hydrogen-bond acceptors (Lipinski definition) is 5. The molecule has 4 N–H and O–H groups in total. The van der Waals surface area contributed by atoms with Crippen LogP contribution in [-0.2, 0) is 0 Å². The Morgan fingerprint density at radius 3 is 1.86 bits per heavy atom. The van der Waals surface area contributed by atoms with Crippen LogP contribution in [0.25, 0.3) is 0 Å². The molecule has 2 amide bonds. The maximum atomic E-state index is 11.4. The highest BCUT2D eigenvalue weighted by molar-refractivity contribution is 5.72. The number of nitrogens with one attached hydrogen (secondary N) is 4. The monoisotopic (exact) mass is 200 g/mol. The second kappa shape index (κ2) is 4.56. The molecule has 2 heterocycles. The lowest BCUT2D eigenvalue weighted by Gasteiger charge is -2.20. The van der Waals surface area contributed by atoms with E-state index >= 15 is 0 Å². The number of hydrazine groups is 2. The van der Waals surface area contributed by atoms with Crippen LogP contribution in [0.2, 0.25) is 0 Å². The molecule has 0 bridgehead atoms. The van der Waals surface area contributed by atoms with Crippen molar-refractivity contribution in [1.82, 2.24) is 31.5 Å². The zero-order valence-electron chi connectivity index (χ0n) is 8.05. The van der Waals surface area contributed by atoms with Gasteiger partial charge in [-0.1, -0.05) is 0 Å². The highest BCUT2D eigenvalue weighted by Gasteiger charge is 2.16. The summed E-state index contributed by atoms with van der Waals surface area (Å²) in [4.78, 5) is 11.4. The van der Waals surface area contributed by atoms with Gasteiger partial charge in [0.25, 0.3) is 0 Å². The van der Waals surface area contributed by atoms with Crippen LogP contribution in [0.3, 0.4) is 0 Å². The van der Waals surface area contributed by atoms with E-state index in [1.54, 1.807) is 0 Å². The maximum absolute atomic E-state index is 11.4. The predicted molar refractivity (Wildman–Crippen MR) is 50.8 cm³/mol. The lowest BCUT2D eigenvalue weighted by Crippen LogP contribution is -2.52. The maximum Gasteiger partial charge on any atom is 0.343 e. The Balaban J connectivity index is 1.66. The fourth-order valence-corrected chi connectivity index (χ4v) is 1.52. The third-order valence-corrected chi connectivity index (χ3v) is 2.24. The molecule has 7 nitrogen and oxygen atoms in total. The van der Waals surface area contributed by atoms with Crippen LogP contribution in [0.1, 0.15) is 0 Å². The summed E-state index contributed by atoms with van der Waals surface area (Å²) >= 11 is 0. The van der Waals surface area contributed by atoms with E-state index in [1.165, 1.54) is 0 Å². The number of rotatable bonds is 2. The standard InChI is InChI=1S/C7H16N6O/c14-7(10-12-3-1-8-5-12)11-13-4-2-9-6-13/h8-9H,1-6H2,(H2,10,11,14). The topological polar surface area (TPSA) is 71.7 Å². The number of carbonyl (C=O) groups excluding carboxylic acids is 1. The Morgan fingerprint density at radius 2 is 1.50 bits per heavy atom. The zero-order valence-corrected chi connectivity index (χ0v) is 8.05. The highest BCUT2D eigenvalue weighted by Crippen LogP contribution is 1.89. The summed E-state index contributed by atoms with van der Waals surface area (Å²) < 4.78 is 0. The predicted octanol–water partition coefficient (Wildman–Crippen LogP) is -2.16. The van der Waals surface area contributed by atoms with Crippen LogP contribution in [0.4, 0.5) is 4.79 Å². The summed E-state index contributed by atoms with van der Waals surface area (Å²) in [7, 11) is 0. The Labute approximate surface area is 82.7 Å². The van der Waals surface area contributed by atoms with Crippen molar-refractivity contribution in [3.63, 3.8) is 0 Å². The first-order valence-electron chi connectivity index (χ1n) is 4.83. The van der Waals surface area contributed by atoms with Gasteiger partial charge in [-0.25, -0.2) is 14.8 Å². The van der Waals surface area contributed by atoms with Gasteiger partial charge in [0.05, 0.1) is 13.3 Å². The second-order valence-corrected chi connectivity index (χ2v) is 3.40. The Morgan fingerprint density at radius 1 is 1.00 bits per heavy atom. The van der Waals surface area contributed by atoms with E-state index in [1.807, 2.05) is 10.0 Å². The molecule has 7 heteroatoms. The summed E-state index contributed by atoms with van der Waals surface area (Å²) in [6.45, 7) is 4.98. The van der Waals surface area contributed by atoms with Crippen molar-refractivity contribution in [2.45, 2.75) is 0 Å². The fraction of sp³-hybridized carbons (Fsp3) is 0.857. The van der Waals surface area contributed by atoms with Crippen molar-refractivity contribution in [3.8, 4) is 0 Å². The molecule has 0 unspecified atom stereocenters. The van der Waals surface area contributed by atoms with Gasteiger partial charge in [0.1, 0.15) is 0 Å². The van der Waals surface area contributed by atoms with E-state index in [9.17, 15) is 4.79 Å². The van der Waals surface area contributed by atoms with E-state index in [4.69, 9.17) is 0 Å². The van der Waals surface area contributed by atoms with Gasteiger partial charge in [-0.15, -0.1) is 0 Å². The van der Waals surface area contributed by atoms with Gasteiger partial charge in [0.2, 0.25) is 0 Å². The van der Waals surface area contributed by atoms with Crippen molar-refractivity contribution in [1.29, 1.82) is 0 Å². The third kappa shape index (κ3) is 2.55. The summed E-state index contributed by atoms with van der Waals surface area (Å²) in [6, 6.07) is -0.169. The van der Waals surface area contributed by atoms with Gasteiger partial charge in [0.15, 0.2) is 0 Å². The molecule has 0 saturated carbocycles. The molecule has 0 atom stereocenters. The molecule has 0 aromatic rings. The van der Waals surface area contributed by atoms with Crippen LogP contribution in [0.5, 0.6) is 0 Å². The number of amides is 2. The van der Waals surface area contributed by atoms with Crippen LogP contribution < -0.4 is 21.5 Å². The lowest BCUT2D eigenvalue weighted by atomic mass is 10.7. The van der Waals surface area contributed by atoms with Gasteiger partial charge in [0, 0.05) is 26.2 Å². The van der Waals surface area contributed by atoms with Crippen molar-refractivity contribution in [2.75, 3.05) is 39.5 Å².